The van der Waals surface area contributed by atoms with Crippen LogP contribution in [0.15, 0.2) is 24.3 Å². The summed E-state index contributed by atoms with van der Waals surface area (Å²) in [5.74, 6) is -0.219. The highest BCUT2D eigenvalue weighted by Crippen LogP contribution is 2.22. The second kappa shape index (κ2) is 6.58. The Hall–Kier alpha value is -1.79. The summed E-state index contributed by atoms with van der Waals surface area (Å²) >= 11 is 6.89. The van der Waals surface area contributed by atoms with Gasteiger partial charge in [-0.2, -0.15) is 0 Å². The molecule has 0 aliphatic carbocycles. The number of thiazole rings is 1. The first-order valence-corrected chi connectivity index (χ1v) is 7.08. The smallest absolute Gasteiger partial charge is 0.347 e. The molecule has 0 aliphatic rings. The molecule has 106 valence electrons. The van der Waals surface area contributed by atoms with Gasteiger partial charge in [0.15, 0.2) is 5.13 Å². The number of aromatic nitrogens is 1. The average molecular weight is 313 g/mol. The molecule has 7 heteroatoms. The molecular formula is C13H13ClN2O3S. The van der Waals surface area contributed by atoms with Crippen molar-refractivity contribution >= 4 is 34.0 Å². The maximum absolute atomic E-state index is 10.9. The topological polar surface area (TPSA) is 71.5 Å². The van der Waals surface area contributed by atoms with Gasteiger partial charge in [0.25, 0.3) is 0 Å². The molecule has 0 radical (unpaired) electrons. The molecule has 0 amide bonds. The average Bonchev–Trinajstić information content (AvgIpc) is 2.78. The van der Waals surface area contributed by atoms with Crippen LogP contribution >= 0.6 is 22.9 Å². The van der Waals surface area contributed by atoms with E-state index in [9.17, 15) is 4.79 Å². The van der Waals surface area contributed by atoms with Crippen molar-refractivity contribution in [1.82, 2.24) is 4.98 Å². The minimum absolute atomic E-state index is 0.256. The highest BCUT2D eigenvalue weighted by molar-refractivity contribution is 7.17. The van der Waals surface area contributed by atoms with Gasteiger partial charge >= 0.3 is 5.97 Å². The van der Waals surface area contributed by atoms with Crippen LogP contribution in [-0.2, 0) is 0 Å². The number of nitrogens with one attached hydrogen (secondary N) is 1. The Balaban J connectivity index is 1.80. The minimum atomic E-state index is -0.953. The third-order valence-electron chi connectivity index (χ3n) is 2.45. The zero-order valence-corrected chi connectivity index (χ0v) is 12.3. The van der Waals surface area contributed by atoms with Crippen LogP contribution in [0.4, 0.5) is 5.13 Å². The first-order valence-electron chi connectivity index (χ1n) is 5.89. The second-order valence-corrected chi connectivity index (χ2v) is 5.40. The lowest BCUT2D eigenvalue weighted by atomic mass is 10.3. The molecule has 1 aromatic carbocycles. The van der Waals surface area contributed by atoms with Crippen molar-refractivity contribution in [3.05, 3.63) is 39.9 Å². The van der Waals surface area contributed by atoms with Crippen LogP contribution in [0, 0.1) is 6.92 Å². The Morgan fingerprint density at radius 1 is 1.45 bits per heavy atom. The predicted octanol–water partition coefficient (Wildman–Crippen LogP) is 3.29. The summed E-state index contributed by atoms with van der Waals surface area (Å²) in [6, 6.07) is 7.10. The molecule has 5 nitrogen and oxygen atoms in total. The molecule has 2 aromatic rings. The van der Waals surface area contributed by atoms with Crippen LogP contribution in [0.3, 0.4) is 0 Å². The summed E-state index contributed by atoms with van der Waals surface area (Å²) in [4.78, 5) is 15.3. The fraction of sp³-hybridized carbons (Fsp3) is 0.231. The first kappa shape index (κ1) is 14.6. The number of ether oxygens (including phenoxy) is 1. The van der Waals surface area contributed by atoms with Gasteiger partial charge in [-0.15, -0.1) is 0 Å². The molecule has 0 saturated heterocycles. The van der Waals surface area contributed by atoms with Gasteiger partial charge in [-0.1, -0.05) is 22.9 Å². The molecule has 0 saturated carbocycles. The van der Waals surface area contributed by atoms with Gasteiger partial charge in [-0.3, -0.25) is 0 Å². The number of benzene rings is 1. The summed E-state index contributed by atoms with van der Waals surface area (Å²) in [6.45, 7) is 2.66. The van der Waals surface area contributed by atoms with Crippen molar-refractivity contribution in [2.75, 3.05) is 18.5 Å². The number of carbonyl (C=O) groups is 1. The van der Waals surface area contributed by atoms with Crippen LogP contribution in [0.25, 0.3) is 0 Å². The molecular weight excluding hydrogens is 300 g/mol. The largest absolute Gasteiger partial charge is 0.492 e. The standard InChI is InChI=1S/C13H13ClN2O3S/c1-8-11(12(17)18)20-13(16-8)15-6-7-19-10-4-2-9(14)3-5-10/h2-5H,6-7H2,1H3,(H,15,16)(H,17,18). The Bertz CT molecular complexity index is 598. The van der Waals surface area contributed by atoms with Crippen LogP contribution in [0.1, 0.15) is 15.4 Å². The number of anilines is 1. The number of aromatic carboxylic acids is 1. The van der Waals surface area contributed by atoms with Crippen molar-refractivity contribution in [2.24, 2.45) is 0 Å². The van der Waals surface area contributed by atoms with Gasteiger partial charge in [-0.05, 0) is 31.2 Å². The lowest BCUT2D eigenvalue weighted by molar-refractivity contribution is 0.0701. The zero-order valence-electron chi connectivity index (χ0n) is 10.7. The van der Waals surface area contributed by atoms with E-state index < -0.39 is 5.97 Å². The molecule has 0 atom stereocenters. The number of hydrogen-bond donors (Lipinski definition) is 2. The van der Waals surface area contributed by atoms with Crippen molar-refractivity contribution in [3.8, 4) is 5.75 Å². The number of hydrogen-bond acceptors (Lipinski definition) is 5. The fourth-order valence-electron chi connectivity index (χ4n) is 1.53. The van der Waals surface area contributed by atoms with Gasteiger partial charge in [0.05, 0.1) is 12.2 Å². The van der Waals surface area contributed by atoms with Crippen molar-refractivity contribution < 1.29 is 14.6 Å². The molecule has 20 heavy (non-hydrogen) atoms. The van der Waals surface area contributed by atoms with Crippen LogP contribution in [0.2, 0.25) is 5.02 Å². The summed E-state index contributed by atoms with van der Waals surface area (Å²) in [5.41, 5.74) is 0.517. The van der Waals surface area contributed by atoms with Crippen LogP contribution in [-0.4, -0.2) is 29.2 Å². The molecule has 0 unspecified atom stereocenters. The highest BCUT2D eigenvalue weighted by atomic mass is 35.5. The minimum Gasteiger partial charge on any atom is -0.492 e. The molecule has 0 aliphatic heterocycles. The molecule has 0 fully saturated rings. The Morgan fingerprint density at radius 2 is 2.15 bits per heavy atom. The molecule has 0 bridgehead atoms. The number of carboxylic acid groups (broad SMARTS) is 1. The van der Waals surface area contributed by atoms with Gasteiger partial charge in [0.1, 0.15) is 17.2 Å². The van der Waals surface area contributed by atoms with E-state index in [1.54, 1.807) is 31.2 Å². The van der Waals surface area contributed by atoms with E-state index in [0.29, 0.717) is 29.0 Å². The van der Waals surface area contributed by atoms with E-state index in [4.69, 9.17) is 21.4 Å². The first-order chi connectivity index (χ1) is 9.56. The SMILES string of the molecule is Cc1nc(NCCOc2ccc(Cl)cc2)sc1C(=O)O. The van der Waals surface area contributed by atoms with Gasteiger partial charge in [0.2, 0.25) is 0 Å². The monoisotopic (exact) mass is 312 g/mol. The van der Waals surface area contributed by atoms with Gasteiger partial charge < -0.3 is 15.2 Å². The van der Waals surface area contributed by atoms with E-state index in [1.807, 2.05) is 0 Å². The zero-order chi connectivity index (χ0) is 14.5. The lowest BCUT2D eigenvalue weighted by Gasteiger charge is -2.06. The summed E-state index contributed by atoms with van der Waals surface area (Å²) < 4.78 is 5.51. The van der Waals surface area contributed by atoms with E-state index in [0.717, 1.165) is 17.1 Å². The maximum Gasteiger partial charge on any atom is 0.347 e. The molecule has 1 heterocycles. The normalized spacial score (nSPS) is 10.3. The number of rotatable bonds is 6. The summed E-state index contributed by atoms with van der Waals surface area (Å²) in [6.07, 6.45) is 0. The van der Waals surface area contributed by atoms with Crippen molar-refractivity contribution in [2.45, 2.75) is 6.92 Å². The quantitative estimate of drug-likeness (QED) is 0.801. The summed E-state index contributed by atoms with van der Waals surface area (Å²) in [7, 11) is 0. The number of aryl methyl sites for hydroxylation is 1. The van der Waals surface area contributed by atoms with Gasteiger partial charge in [-0.25, -0.2) is 9.78 Å². The van der Waals surface area contributed by atoms with Crippen molar-refractivity contribution in [3.63, 3.8) is 0 Å². The highest BCUT2D eigenvalue weighted by Gasteiger charge is 2.13. The molecule has 0 spiro atoms. The molecule has 2 rings (SSSR count). The Labute approximate surface area is 125 Å². The Morgan fingerprint density at radius 3 is 2.75 bits per heavy atom. The van der Waals surface area contributed by atoms with Crippen molar-refractivity contribution in [1.29, 1.82) is 0 Å². The number of halogens is 1. The van der Waals surface area contributed by atoms with E-state index >= 15 is 0 Å². The third-order valence-corrected chi connectivity index (χ3v) is 3.81. The van der Waals surface area contributed by atoms with E-state index in [1.165, 1.54) is 0 Å². The van der Waals surface area contributed by atoms with E-state index in [2.05, 4.69) is 10.3 Å². The van der Waals surface area contributed by atoms with Crippen LogP contribution < -0.4 is 10.1 Å². The Kier molecular flexibility index (Phi) is 4.81. The second-order valence-electron chi connectivity index (χ2n) is 3.97. The summed E-state index contributed by atoms with van der Waals surface area (Å²) in [5, 5.41) is 13.2. The molecule has 2 N–H and O–H groups in total. The van der Waals surface area contributed by atoms with E-state index in [-0.39, 0.29) is 4.88 Å². The third kappa shape index (κ3) is 3.85. The fourth-order valence-corrected chi connectivity index (χ4v) is 2.48. The maximum atomic E-state index is 10.9. The predicted molar refractivity (Wildman–Crippen MR) is 79.2 cm³/mol. The number of nitrogens with zero attached hydrogens (tertiary/aromatic N) is 1. The lowest BCUT2D eigenvalue weighted by Crippen LogP contribution is -2.11. The number of carboxylic acids is 1. The molecule has 1 aromatic heterocycles. The van der Waals surface area contributed by atoms with Gasteiger partial charge in [0, 0.05) is 5.02 Å². The van der Waals surface area contributed by atoms with Crippen LogP contribution in [0.5, 0.6) is 5.75 Å².